The zero-order valence-electron chi connectivity index (χ0n) is 14.9. The van der Waals surface area contributed by atoms with Crippen LogP contribution in [0.4, 0.5) is 8.78 Å². The molecule has 2 saturated heterocycles. The summed E-state index contributed by atoms with van der Waals surface area (Å²) < 4.78 is 26.3. The fourth-order valence-corrected chi connectivity index (χ4v) is 3.77. The van der Waals surface area contributed by atoms with Crippen molar-refractivity contribution in [3.05, 3.63) is 35.4 Å². The second kappa shape index (κ2) is 8.22. The lowest BCUT2D eigenvalue weighted by atomic mass is 9.91. The number of aryl methyl sites for hydroxylation is 1. The number of halogens is 2. The number of amides is 1. The van der Waals surface area contributed by atoms with Crippen LogP contribution in [0.3, 0.4) is 0 Å². The quantitative estimate of drug-likeness (QED) is 0.838. The number of carbonyl (C=O) groups excluding carboxylic acids is 2. The van der Waals surface area contributed by atoms with Crippen molar-refractivity contribution >= 4 is 11.7 Å². The van der Waals surface area contributed by atoms with E-state index in [4.69, 9.17) is 0 Å². The molecule has 2 aliphatic heterocycles. The standard InChI is InChI=1S/C19H25F2N3O2/c1-12(25)17-10-18(23-22-17)19(26)24-8-2-3-14(11-24)5-4-13-6-7-15(20)16(21)9-13/h6-7,9,14,17-18,22-23H,2-5,8,10-11H2,1H3. The number of hydrazine groups is 1. The molecule has 0 bridgehead atoms. The Labute approximate surface area is 152 Å². The molecule has 0 saturated carbocycles. The van der Waals surface area contributed by atoms with Crippen molar-refractivity contribution in [2.24, 2.45) is 5.92 Å². The van der Waals surface area contributed by atoms with Gasteiger partial charge in [0.15, 0.2) is 11.6 Å². The summed E-state index contributed by atoms with van der Waals surface area (Å²) in [6, 6.07) is 3.34. The highest BCUT2D eigenvalue weighted by molar-refractivity contribution is 5.86. The third-order valence-electron chi connectivity index (χ3n) is 5.35. The average molecular weight is 365 g/mol. The number of ketones is 1. The van der Waals surface area contributed by atoms with Gasteiger partial charge in [-0.3, -0.25) is 9.59 Å². The largest absolute Gasteiger partial charge is 0.341 e. The second-order valence-electron chi connectivity index (χ2n) is 7.32. The molecule has 2 aliphatic rings. The Morgan fingerprint density at radius 1 is 1.19 bits per heavy atom. The van der Waals surface area contributed by atoms with Gasteiger partial charge in [-0.2, -0.15) is 0 Å². The number of carbonyl (C=O) groups is 2. The van der Waals surface area contributed by atoms with E-state index in [1.807, 2.05) is 4.90 Å². The molecule has 0 spiro atoms. The van der Waals surface area contributed by atoms with Gasteiger partial charge in [-0.25, -0.2) is 19.6 Å². The Morgan fingerprint density at radius 3 is 2.65 bits per heavy atom. The maximum Gasteiger partial charge on any atom is 0.241 e. The van der Waals surface area contributed by atoms with Crippen molar-refractivity contribution < 1.29 is 18.4 Å². The Bertz CT molecular complexity index is 683. The molecule has 0 aliphatic carbocycles. The molecule has 2 fully saturated rings. The monoisotopic (exact) mass is 365 g/mol. The van der Waals surface area contributed by atoms with Crippen LogP contribution >= 0.6 is 0 Å². The molecule has 1 aromatic carbocycles. The van der Waals surface area contributed by atoms with Crippen LogP contribution in [0.5, 0.6) is 0 Å². The first-order chi connectivity index (χ1) is 12.4. The zero-order valence-corrected chi connectivity index (χ0v) is 14.9. The highest BCUT2D eigenvalue weighted by atomic mass is 19.2. The van der Waals surface area contributed by atoms with Gasteiger partial charge < -0.3 is 4.90 Å². The highest BCUT2D eigenvalue weighted by Gasteiger charge is 2.35. The molecule has 0 radical (unpaired) electrons. The van der Waals surface area contributed by atoms with E-state index in [-0.39, 0.29) is 23.8 Å². The predicted molar refractivity (Wildman–Crippen MR) is 93.1 cm³/mol. The molecule has 1 aromatic rings. The second-order valence-corrected chi connectivity index (χ2v) is 7.32. The van der Waals surface area contributed by atoms with Crippen LogP contribution in [-0.4, -0.2) is 41.8 Å². The van der Waals surface area contributed by atoms with Gasteiger partial charge in [0.25, 0.3) is 0 Å². The van der Waals surface area contributed by atoms with Crippen molar-refractivity contribution in [1.29, 1.82) is 0 Å². The predicted octanol–water partition coefficient (Wildman–Crippen LogP) is 1.96. The van der Waals surface area contributed by atoms with Crippen molar-refractivity contribution in [3.8, 4) is 0 Å². The van der Waals surface area contributed by atoms with E-state index in [9.17, 15) is 18.4 Å². The maximum absolute atomic E-state index is 13.3. The minimum absolute atomic E-state index is 0.0239. The van der Waals surface area contributed by atoms with E-state index >= 15 is 0 Å². The zero-order chi connectivity index (χ0) is 18.7. The topological polar surface area (TPSA) is 61.4 Å². The smallest absolute Gasteiger partial charge is 0.241 e. The molecule has 5 nitrogen and oxygen atoms in total. The van der Waals surface area contributed by atoms with Crippen LogP contribution in [0.2, 0.25) is 0 Å². The molecule has 7 heteroatoms. The first-order valence-electron chi connectivity index (χ1n) is 9.18. The van der Waals surface area contributed by atoms with E-state index in [2.05, 4.69) is 10.9 Å². The molecule has 26 heavy (non-hydrogen) atoms. The summed E-state index contributed by atoms with van der Waals surface area (Å²) in [7, 11) is 0. The van der Waals surface area contributed by atoms with Crippen LogP contribution in [-0.2, 0) is 16.0 Å². The first kappa shape index (κ1) is 18.9. The molecule has 2 N–H and O–H groups in total. The van der Waals surface area contributed by atoms with Crippen LogP contribution in [0.1, 0.15) is 38.2 Å². The molecule has 2 heterocycles. The van der Waals surface area contributed by atoms with E-state index in [1.54, 1.807) is 6.07 Å². The normalized spacial score (nSPS) is 26.1. The molecular formula is C19H25F2N3O2. The van der Waals surface area contributed by atoms with E-state index < -0.39 is 11.6 Å². The molecule has 1 amide bonds. The number of Topliss-reactive ketones (excluding diaryl/α,β-unsaturated/α-hetero) is 1. The van der Waals surface area contributed by atoms with Crippen LogP contribution in [0.15, 0.2) is 18.2 Å². The lowest BCUT2D eigenvalue weighted by molar-refractivity contribution is -0.135. The Morgan fingerprint density at radius 2 is 1.96 bits per heavy atom. The van der Waals surface area contributed by atoms with Gasteiger partial charge in [-0.15, -0.1) is 0 Å². The van der Waals surface area contributed by atoms with Gasteiger partial charge in [0.2, 0.25) is 5.91 Å². The number of hydrogen-bond donors (Lipinski definition) is 2. The molecule has 0 aromatic heterocycles. The molecular weight excluding hydrogens is 340 g/mol. The average Bonchev–Trinajstić information content (AvgIpc) is 3.13. The van der Waals surface area contributed by atoms with Crippen LogP contribution < -0.4 is 10.9 Å². The number of benzene rings is 1. The summed E-state index contributed by atoms with van der Waals surface area (Å²) in [5.41, 5.74) is 6.59. The fraction of sp³-hybridized carbons (Fsp3) is 0.579. The van der Waals surface area contributed by atoms with Crippen molar-refractivity contribution in [2.45, 2.75) is 51.1 Å². The van der Waals surface area contributed by atoms with E-state index in [0.717, 1.165) is 37.4 Å². The first-order valence-corrected chi connectivity index (χ1v) is 9.18. The Balaban J connectivity index is 1.51. The van der Waals surface area contributed by atoms with Crippen molar-refractivity contribution in [3.63, 3.8) is 0 Å². The van der Waals surface area contributed by atoms with Gasteiger partial charge in [-0.1, -0.05) is 6.07 Å². The summed E-state index contributed by atoms with van der Waals surface area (Å²) >= 11 is 0. The number of nitrogens with zero attached hydrogens (tertiary/aromatic N) is 1. The number of likely N-dealkylation sites (tertiary alicyclic amines) is 1. The summed E-state index contributed by atoms with van der Waals surface area (Å²) in [6.45, 7) is 2.91. The number of hydrogen-bond acceptors (Lipinski definition) is 4. The Kier molecular flexibility index (Phi) is 5.98. The van der Waals surface area contributed by atoms with Crippen molar-refractivity contribution in [1.82, 2.24) is 15.8 Å². The van der Waals surface area contributed by atoms with Gasteiger partial charge in [-0.05, 0) is 62.6 Å². The van der Waals surface area contributed by atoms with Crippen LogP contribution in [0.25, 0.3) is 0 Å². The lowest BCUT2D eigenvalue weighted by Crippen LogP contribution is -2.49. The molecule has 142 valence electrons. The highest BCUT2D eigenvalue weighted by Crippen LogP contribution is 2.23. The van der Waals surface area contributed by atoms with Gasteiger partial charge in [0.05, 0.1) is 6.04 Å². The lowest BCUT2D eigenvalue weighted by Gasteiger charge is -2.34. The molecule has 3 rings (SSSR count). The SMILES string of the molecule is CC(=O)C1CC(C(=O)N2CCCC(CCc3ccc(F)c(F)c3)C2)NN1. The minimum atomic E-state index is -0.829. The van der Waals surface area contributed by atoms with E-state index in [1.165, 1.54) is 13.0 Å². The maximum atomic E-state index is 13.3. The van der Waals surface area contributed by atoms with Gasteiger partial charge >= 0.3 is 0 Å². The van der Waals surface area contributed by atoms with Gasteiger partial charge in [0, 0.05) is 13.1 Å². The third-order valence-corrected chi connectivity index (χ3v) is 5.35. The fourth-order valence-electron chi connectivity index (χ4n) is 3.77. The number of nitrogens with one attached hydrogen (secondary N) is 2. The van der Waals surface area contributed by atoms with Crippen LogP contribution in [0, 0.1) is 17.6 Å². The molecule has 3 unspecified atom stereocenters. The van der Waals surface area contributed by atoms with Gasteiger partial charge in [0.1, 0.15) is 11.8 Å². The third kappa shape index (κ3) is 4.45. The summed E-state index contributed by atoms with van der Waals surface area (Å²) in [6.07, 6.45) is 3.94. The number of piperidine rings is 1. The number of rotatable bonds is 5. The molecule has 3 atom stereocenters. The summed E-state index contributed by atoms with van der Waals surface area (Å²) in [5.74, 6) is -1.25. The minimum Gasteiger partial charge on any atom is -0.341 e. The summed E-state index contributed by atoms with van der Waals surface area (Å²) in [4.78, 5) is 26.0. The van der Waals surface area contributed by atoms with E-state index in [0.29, 0.717) is 25.3 Å². The Hall–Kier alpha value is -1.86. The summed E-state index contributed by atoms with van der Waals surface area (Å²) in [5, 5.41) is 0. The van der Waals surface area contributed by atoms with Crippen molar-refractivity contribution in [2.75, 3.05) is 13.1 Å².